The number of allylic oxidation sites excluding steroid dienone is 3. The Hall–Kier alpha value is -1.63. The van der Waals surface area contributed by atoms with Crippen molar-refractivity contribution in [1.82, 2.24) is 5.32 Å². The molecule has 4 rings (SSSR count). The third kappa shape index (κ3) is 4.23. The molecule has 30 heavy (non-hydrogen) atoms. The molecule has 1 saturated carbocycles. The summed E-state index contributed by atoms with van der Waals surface area (Å²) in [5.74, 6) is -0.511. The molecule has 0 amide bonds. The molecule has 4 nitrogen and oxygen atoms in total. The zero-order valence-corrected chi connectivity index (χ0v) is 20.2. The number of dihydropyridines is 1. The van der Waals surface area contributed by atoms with Crippen LogP contribution in [0.5, 0.6) is 0 Å². The SMILES string of the molecule is CC1=C(C(=O)OC2CCCCC2)C(c2ccccc2I)C2=C(CC(C)(C)CC2=O)N1. The summed E-state index contributed by atoms with van der Waals surface area (Å²) in [5, 5.41) is 3.43. The highest BCUT2D eigenvalue weighted by Crippen LogP contribution is 2.47. The Bertz CT molecular complexity index is 937. The van der Waals surface area contributed by atoms with Crippen LogP contribution in [0.4, 0.5) is 0 Å². The molecular weight excluding hydrogens is 489 g/mol. The highest BCUT2D eigenvalue weighted by Gasteiger charge is 2.43. The number of ether oxygens (including phenoxy) is 1. The molecule has 3 aliphatic rings. The lowest BCUT2D eigenvalue weighted by Gasteiger charge is -2.40. The van der Waals surface area contributed by atoms with Gasteiger partial charge in [-0.25, -0.2) is 4.79 Å². The average molecular weight is 519 g/mol. The Morgan fingerprint density at radius 3 is 2.53 bits per heavy atom. The van der Waals surface area contributed by atoms with Crippen molar-refractivity contribution in [3.8, 4) is 0 Å². The number of Topliss-reactive ketones (excluding diaryl/α,β-unsaturated/α-hetero) is 1. The Kier molecular flexibility index (Phi) is 6.11. The minimum Gasteiger partial charge on any atom is -0.459 e. The van der Waals surface area contributed by atoms with Crippen molar-refractivity contribution < 1.29 is 14.3 Å². The summed E-state index contributed by atoms with van der Waals surface area (Å²) < 4.78 is 7.03. The van der Waals surface area contributed by atoms with Crippen LogP contribution in [0.25, 0.3) is 0 Å². The number of esters is 1. The molecule has 1 aromatic rings. The van der Waals surface area contributed by atoms with Crippen LogP contribution >= 0.6 is 22.6 Å². The lowest BCUT2D eigenvalue weighted by atomic mass is 9.68. The first-order valence-electron chi connectivity index (χ1n) is 11.0. The predicted octanol–water partition coefficient (Wildman–Crippen LogP) is 5.77. The summed E-state index contributed by atoms with van der Waals surface area (Å²) in [6.07, 6.45) is 6.57. The minimum atomic E-state index is -0.367. The average Bonchev–Trinajstić information content (AvgIpc) is 2.67. The minimum absolute atomic E-state index is 0.0154. The zero-order chi connectivity index (χ0) is 21.5. The fraction of sp³-hybridized carbons (Fsp3) is 0.520. The van der Waals surface area contributed by atoms with E-state index < -0.39 is 0 Å². The lowest BCUT2D eigenvalue weighted by molar-refractivity contribution is -0.146. The van der Waals surface area contributed by atoms with Crippen LogP contribution < -0.4 is 5.32 Å². The number of carbonyl (C=O) groups is 2. The second-order valence-electron chi connectivity index (χ2n) is 9.62. The number of nitrogens with one attached hydrogen (secondary N) is 1. The molecule has 1 N–H and O–H groups in total. The van der Waals surface area contributed by atoms with Gasteiger partial charge in [-0.3, -0.25) is 4.79 Å². The van der Waals surface area contributed by atoms with Gasteiger partial charge in [-0.1, -0.05) is 38.5 Å². The number of ketones is 1. The molecule has 0 bridgehead atoms. The van der Waals surface area contributed by atoms with Gasteiger partial charge in [0.25, 0.3) is 0 Å². The van der Waals surface area contributed by atoms with Crippen LogP contribution in [0.3, 0.4) is 0 Å². The van der Waals surface area contributed by atoms with E-state index in [1.165, 1.54) is 6.42 Å². The monoisotopic (exact) mass is 519 g/mol. The normalized spacial score (nSPS) is 24.4. The predicted molar refractivity (Wildman–Crippen MR) is 126 cm³/mol. The van der Waals surface area contributed by atoms with Gasteiger partial charge in [-0.2, -0.15) is 0 Å². The van der Waals surface area contributed by atoms with Crippen LogP contribution in [0.2, 0.25) is 0 Å². The van der Waals surface area contributed by atoms with Gasteiger partial charge in [-0.15, -0.1) is 0 Å². The molecule has 2 aliphatic carbocycles. The Morgan fingerprint density at radius 1 is 1.13 bits per heavy atom. The maximum Gasteiger partial charge on any atom is 0.337 e. The summed E-state index contributed by atoms with van der Waals surface area (Å²) in [6.45, 7) is 6.20. The number of hydrogen-bond acceptors (Lipinski definition) is 4. The summed E-state index contributed by atoms with van der Waals surface area (Å²) in [7, 11) is 0. The van der Waals surface area contributed by atoms with Gasteiger partial charge in [0.05, 0.1) is 5.57 Å². The van der Waals surface area contributed by atoms with Gasteiger partial charge in [0.1, 0.15) is 6.10 Å². The standard InChI is InChI=1S/C25H30INO3/c1-15-21(24(29)30-16-9-5-4-6-10-16)22(17-11-7-8-12-18(17)26)23-19(27-15)13-25(2,3)14-20(23)28/h7-8,11-12,16,22,27H,4-6,9-10,13-14H2,1-3H3. The van der Waals surface area contributed by atoms with Crippen molar-refractivity contribution in [2.75, 3.05) is 0 Å². The van der Waals surface area contributed by atoms with E-state index >= 15 is 0 Å². The van der Waals surface area contributed by atoms with Crippen LogP contribution in [0.1, 0.15) is 77.2 Å². The molecule has 160 valence electrons. The fourth-order valence-electron chi connectivity index (χ4n) is 5.12. The van der Waals surface area contributed by atoms with E-state index in [0.29, 0.717) is 12.0 Å². The second-order valence-corrected chi connectivity index (χ2v) is 10.8. The Labute approximate surface area is 192 Å². The maximum atomic E-state index is 13.4. The van der Waals surface area contributed by atoms with Crippen LogP contribution in [0, 0.1) is 8.99 Å². The molecule has 5 heteroatoms. The van der Waals surface area contributed by atoms with Gasteiger partial charge in [0, 0.05) is 32.9 Å². The Morgan fingerprint density at radius 2 is 1.83 bits per heavy atom. The van der Waals surface area contributed by atoms with Crippen molar-refractivity contribution in [3.05, 3.63) is 55.9 Å². The molecule has 1 unspecified atom stereocenters. The van der Waals surface area contributed by atoms with Crippen LogP contribution in [-0.2, 0) is 14.3 Å². The lowest BCUT2D eigenvalue weighted by Crippen LogP contribution is -2.39. The summed E-state index contributed by atoms with van der Waals surface area (Å²) in [5.41, 5.74) is 4.04. The quantitative estimate of drug-likeness (QED) is 0.407. The van der Waals surface area contributed by atoms with Crippen molar-refractivity contribution in [3.63, 3.8) is 0 Å². The van der Waals surface area contributed by atoms with Crippen LogP contribution in [-0.4, -0.2) is 17.9 Å². The van der Waals surface area contributed by atoms with E-state index in [1.807, 2.05) is 31.2 Å². The third-order valence-corrected chi connectivity index (χ3v) is 7.48. The fourth-order valence-corrected chi connectivity index (χ4v) is 5.82. The van der Waals surface area contributed by atoms with Crippen LogP contribution in [0.15, 0.2) is 46.8 Å². The zero-order valence-electron chi connectivity index (χ0n) is 18.0. The first-order chi connectivity index (χ1) is 14.3. The highest BCUT2D eigenvalue weighted by molar-refractivity contribution is 14.1. The van der Waals surface area contributed by atoms with Gasteiger partial charge in [0.15, 0.2) is 5.78 Å². The molecule has 0 aromatic heterocycles. The van der Waals surface area contributed by atoms with E-state index in [9.17, 15) is 9.59 Å². The third-order valence-electron chi connectivity index (χ3n) is 6.50. The molecule has 1 fully saturated rings. The topological polar surface area (TPSA) is 55.4 Å². The summed E-state index contributed by atoms with van der Waals surface area (Å²) in [4.78, 5) is 26.8. The largest absolute Gasteiger partial charge is 0.459 e. The summed E-state index contributed by atoms with van der Waals surface area (Å²) >= 11 is 2.31. The number of rotatable bonds is 3. The molecule has 0 saturated heterocycles. The molecule has 1 atom stereocenters. The van der Waals surface area contributed by atoms with Crippen molar-refractivity contribution in [1.29, 1.82) is 0 Å². The molecule has 0 spiro atoms. The molecule has 1 aliphatic heterocycles. The summed E-state index contributed by atoms with van der Waals surface area (Å²) in [6, 6.07) is 8.05. The van der Waals surface area contributed by atoms with E-state index in [-0.39, 0.29) is 29.2 Å². The molecule has 1 heterocycles. The van der Waals surface area contributed by atoms with Crippen molar-refractivity contribution >= 4 is 34.3 Å². The first-order valence-corrected chi connectivity index (χ1v) is 12.0. The number of hydrogen-bond donors (Lipinski definition) is 1. The number of halogens is 1. The van der Waals surface area contributed by atoms with E-state index in [1.54, 1.807) is 0 Å². The van der Waals surface area contributed by atoms with E-state index in [0.717, 1.165) is 58.2 Å². The Balaban J connectivity index is 1.77. The van der Waals surface area contributed by atoms with E-state index in [4.69, 9.17) is 4.74 Å². The number of benzene rings is 1. The van der Waals surface area contributed by atoms with Crippen molar-refractivity contribution in [2.24, 2.45) is 5.41 Å². The second kappa shape index (κ2) is 8.48. The molecular formula is C25H30INO3. The van der Waals surface area contributed by atoms with Gasteiger partial charge >= 0.3 is 5.97 Å². The first kappa shape index (κ1) is 21.6. The number of carbonyl (C=O) groups excluding carboxylic acids is 2. The highest BCUT2D eigenvalue weighted by atomic mass is 127. The van der Waals surface area contributed by atoms with Gasteiger partial charge < -0.3 is 10.1 Å². The molecule has 0 radical (unpaired) electrons. The molecule has 1 aromatic carbocycles. The maximum absolute atomic E-state index is 13.4. The van der Waals surface area contributed by atoms with Crippen molar-refractivity contribution in [2.45, 2.75) is 77.7 Å². The van der Waals surface area contributed by atoms with Gasteiger partial charge in [0.2, 0.25) is 0 Å². The van der Waals surface area contributed by atoms with Gasteiger partial charge in [-0.05, 0) is 78.7 Å². The van der Waals surface area contributed by atoms with E-state index in [2.05, 4.69) is 41.8 Å². The smallest absolute Gasteiger partial charge is 0.337 e.